The van der Waals surface area contributed by atoms with Gasteiger partial charge in [-0.1, -0.05) is 12.1 Å². The van der Waals surface area contributed by atoms with Crippen LogP contribution in [0.4, 0.5) is 5.69 Å². The standard InChI is InChI=1S/C13H14BrN3O/c1-3-17-12(10(14)7-16-17)13(18)9-5-4-8(2)11(15)6-9/h4-7H,3,15H2,1-2H3. The number of hydrogen-bond donors (Lipinski definition) is 1. The van der Waals surface area contributed by atoms with Gasteiger partial charge in [-0.3, -0.25) is 9.48 Å². The van der Waals surface area contributed by atoms with Crippen molar-refractivity contribution in [3.63, 3.8) is 0 Å². The maximum absolute atomic E-state index is 12.4. The lowest BCUT2D eigenvalue weighted by Gasteiger charge is -2.07. The van der Waals surface area contributed by atoms with Crippen LogP contribution in [-0.4, -0.2) is 15.6 Å². The normalized spacial score (nSPS) is 10.6. The monoisotopic (exact) mass is 307 g/mol. The predicted octanol–water partition coefficient (Wildman–Crippen LogP) is 2.79. The minimum atomic E-state index is -0.0760. The van der Waals surface area contributed by atoms with Crippen molar-refractivity contribution in [1.29, 1.82) is 0 Å². The van der Waals surface area contributed by atoms with Crippen molar-refractivity contribution in [2.24, 2.45) is 0 Å². The van der Waals surface area contributed by atoms with Gasteiger partial charge in [0.1, 0.15) is 5.69 Å². The van der Waals surface area contributed by atoms with Crippen LogP contribution in [0, 0.1) is 6.92 Å². The number of carbonyl (C=O) groups excluding carboxylic acids is 1. The van der Waals surface area contributed by atoms with Gasteiger partial charge in [0.25, 0.3) is 0 Å². The molecule has 5 heteroatoms. The van der Waals surface area contributed by atoms with E-state index in [9.17, 15) is 4.79 Å². The third-order valence-electron chi connectivity index (χ3n) is 2.85. The van der Waals surface area contributed by atoms with Gasteiger partial charge in [0, 0.05) is 17.8 Å². The molecule has 1 aromatic carbocycles. The smallest absolute Gasteiger partial charge is 0.212 e. The first kappa shape index (κ1) is 12.8. The van der Waals surface area contributed by atoms with Gasteiger partial charge >= 0.3 is 0 Å². The summed E-state index contributed by atoms with van der Waals surface area (Å²) in [6.45, 7) is 4.50. The molecular weight excluding hydrogens is 294 g/mol. The van der Waals surface area contributed by atoms with Crippen LogP contribution in [0.2, 0.25) is 0 Å². The van der Waals surface area contributed by atoms with E-state index in [0.717, 1.165) is 5.56 Å². The summed E-state index contributed by atoms with van der Waals surface area (Å²) in [5.41, 5.74) is 8.56. The fraction of sp³-hybridized carbons (Fsp3) is 0.231. The molecule has 2 rings (SSSR count). The number of aromatic nitrogens is 2. The summed E-state index contributed by atoms with van der Waals surface area (Å²) in [4.78, 5) is 12.4. The Kier molecular flexibility index (Phi) is 3.52. The number of nitrogens with zero attached hydrogens (tertiary/aromatic N) is 2. The number of ketones is 1. The van der Waals surface area contributed by atoms with E-state index >= 15 is 0 Å². The molecule has 4 nitrogen and oxygen atoms in total. The number of carbonyl (C=O) groups is 1. The summed E-state index contributed by atoms with van der Waals surface area (Å²) in [5.74, 6) is -0.0760. The summed E-state index contributed by atoms with van der Waals surface area (Å²) in [6, 6.07) is 5.34. The summed E-state index contributed by atoms with van der Waals surface area (Å²) in [5, 5.41) is 4.14. The maximum atomic E-state index is 12.4. The summed E-state index contributed by atoms with van der Waals surface area (Å²) in [6.07, 6.45) is 1.63. The Hall–Kier alpha value is -1.62. The molecular formula is C13H14BrN3O. The first-order valence-corrected chi connectivity index (χ1v) is 6.46. The number of aryl methyl sites for hydroxylation is 2. The second kappa shape index (κ2) is 4.94. The van der Waals surface area contributed by atoms with Gasteiger partial charge in [0.15, 0.2) is 0 Å². The Bertz CT molecular complexity index is 604. The number of rotatable bonds is 3. The molecule has 0 fully saturated rings. The van der Waals surface area contributed by atoms with Gasteiger partial charge in [-0.2, -0.15) is 5.10 Å². The van der Waals surface area contributed by atoms with Crippen molar-refractivity contribution in [3.05, 3.63) is 45.7 Å². The van der Waals surface area contributed by atoms with Gasteiger partial charge in [-0.05, 0) is 41.4 Å². The highest BCUT2D eigenvalue weighted by atomic mass is 79.9. The topological polar surface area (TPSA) is 60.9 Å². The van der Waals surface area contributed by atoms with Crippen molar-refractivity contribution >= 4 is 27.4 Å². The van der Waals surface area contributed by atoms with Crippen LogP contribution in [0.3, 0.4) is 0 Å². The summed E-state index contributed by atoms with van der Waals surface area (Å²) >= 11 is 3.35. The minimum absolute atomic E-state index is 0.0760. The molecule has 0 radical (unpaired) electrons. The lowest BCUT2D eigenvalue weighted by Crippen LogP contribution is -2.11. The van der Waals surface area contributed by atoms with E-state index in [1.54, 1.807) is 23.0 Å². The van der Waals surface area contributed by atoms with Crippen LogP contribution in [0.15, 0.2) is 28.9 Å². The van der Waals surface area contributed by atoms with Gasteiger partial charge in [-0.25, -0.2) is 0 Å². The lowest BCUT2D eigenvalue weighted by molar-refractivity contribution is 0.102. The third-order valence-corrected chi connectivity index (χ3v) is 3.43. The fourth-order valence-electron chi connectivity index (χ4n) is 1.75. The second-order valence-corrected chi connectivity index (χ2v) is 4.91. The predicted molar refractivity (Wildman–Crippen MR) is 74.6 cm³/mol. The minimum Gasteiger partial charge on any atom is -0.398 e. The molecule has 1 aromatic heterocycles. The Morgan fingerprint density at radius 1 is 1.50 bits per heavy atom. The zero-order valence-electron chi connectivity index (χ0n) is 10.3. The number of nitrogen functional groups attached to an aromatic ring is 1. The van der Waals surface area contributed by atoms with E-state index in [-0.39, 0.29) is 5.78 Å². The molecule has 2 aromatic rings. The van der Waals surface area contributed by atoms with Crippen molar-refractivity contribution in [2.75, 3.05) is 5.73 Å². The molecule has 1 heterocycles. The highest BCUT2D eigenvalue weighted by molar-refractivity contribution is 9.10. The Labute approximate surface area is 114 Å². The molecule has 94 valence electrons. The average Bonchev–Trinajstić information content (AvgIpc) is 2.73. The molecule has 18 heavy (non-hydrogen) atoms. The molecule has 0 bridgehead atoms. The molecule has 0 saturated heterocycles. The highest BCUT2D eigenvalue weighted by Gasteiger charge is 2.18. The van der Waals surface area contributed by atoms with Crippen LogP contribution in [0.5, 0.6) is 0 Å². The molecule has 0 aliphatic heterocycles. The molecule has 0 unspecified atom stereocenters. The molecule has 0 aliphatic carbocycles. The molecule has 0 aliphatic rings. The number of nitrogens with two attached hydrogens (primary N) is 1. The van der Waals surface area contributed by atoms with Crippen LogP contribution < -0.4 is 5.73 Å². The molecule has 2 N–H and O–H groups in total. The number of anilines is 1. The van der Waals surface area contributed by atoms with Crippen LogP contribution >= 0.6 is 15.9 Å². The maximum Gasteiger partial charge on any atom is 0.212 e. The van der Waals surface area contributed by atoms with Crippen LogP contribution in [0.1, 0.15) is 28.5 Å². The summed E-state index contributed by atoms with van der Waals surface area (Å²) in [7, 11) is 0. The average molecular weight is 308 g/mol. The summed E-state index contributed by atoms with van der Waals surface area (Å²) < 4.78 is 2.37. The van der Waals surface area contributed by atoms with Crippen molar-refractivity contribution in [3.8, 4) is 0 Å². The van der Waals surface area contributed by atoms with Crippen molar-refractivity contribution < 1.29 is 4.79 Å². The van der Waals surface area contributed by atoms with Crippen molar-refractivity contribution in [1.82, 2.24) is 9.78 Å². The van der Waals surface area contributed by atoms with Gasteiger partial charge in [0.05, 0.1) is 10.7 Å². The van der Waals surface area contributed by atoms with Crippen LogP contribution in [-0.2, 0) is 6.54 Å². The number of hydrogen-bond acceptors (Lipinski definition) is 3. The van der Waals surface area contributed by atoms with E-state index in [0.29, 0.717) is 28.0 Å². The number of benzene rings is 1. The first-order chi connectivity index (χ1) is 8.54. The SMILES string of the molecule is CCn1ncc(Br)c1C(=O)c1ccc(C)c(N)c1. The highest BCUT2D eigenvalue weighted by Crippen LogP contribution is 2.22. The van der Waals surface area contributed by atoms with Crippen LogP contribution in [0.25, 0.3) is 0 Å². The molecule has 0 atom stereocenters. The van der Waals surface area contributed by atoms with Crippen molar-refractivity contribution in [2.45, 2.75) is 20.4 Å². The molecule has 0 spiro atoms. The number of halogens is 1. The third kappa shape index (κ3) is 2.18. The second-order valence-electron chi connectivity index (χ2n) is 4.06. The van der Waals surface area contributed by atoms with E-state index in [4.69, 9.17) is 5.73 Å². The van der Waals surface area contributed by atoms with Gasteiger partial charge in [0.2, 0.25) is 5.78 Å². The van der Waals surface area contributed by atoms with E-state index in [1.807, 2.05) is 19.9 Å². The first-order valence-electron chi connectivity index (χ1n) is 5.66. The molecule has 0 saturated carbocycles. The Morgan fingerprint density at radius 3 is 2.83 bits per heavy atom. The van der Waals surface area contributed by atoms with Gasteiger partial charge in [-0.15, -0.1) is 0 Å². The quantitative estimate of drug-likeness (QED) is 0.700. The lowest BCUT2D eigenvalue weighted by atomic mass is 10.0. The van der Waals surface area contributed by atoms with E-state index < -0.39 is 0 Å². The van der Waals surface area contributed by atoms with E-state index in [2.05, 4.69) is 21.0 Å². The zero-order chi connectivity index (χ0) is 13.3. The largest absolute Gasteiger partial charge is 0.398 e. The molecule has 0 amide bonds. The Balaban J connectivity index is 2.47. The Morgan fingerprint density at radius 2 is 2.22 bits per heavy atom. The van der Waals surface area contributed by atoms with Gasteiger partial charge < -0.3 is 5.73 Å². The zero-order valence-corrected chi connectivity index (χ0v) is 11.9. The fourth-order valence-corrected chi connectivity index (χ4v) is 2.22. The van der Waals surface area contributed by atoms with E-state index in [1.165, 1.54) is 0 Å².